The molecule has 4 nitrogen and oxygen atoms in total. The quantitative estimate of drug-likeness (QED) is 0.641. The largest absolute Gasteiger partial charge is 0.392 e. The molecule has 0 aromatic carbocycles. The Kier molecular flexibility index (Phi) is 5.60. The fourth-order valence-electron chi connectivity index (χ4n) is 3.86. The Morgan fingerprint density at radius 2 is 1.86 bits per heavy atom. The van der Waals surface area contributed by atoms with Crippen LogP contribution < -0.4 is 5.73 Å². The van der Waals surface area contributed by atoms with Crippen LogP contribution >= 0.6 is 12.2 Å². The second-order valence-electron chi connectivity index (χ2n) is 6.83. The van der Waals surface area contributed by atoms with E-state index in [9.17, 15) is 4.79 Å². The molecular formula is C16H29N3OS. The molecule has 21 heavy (non-hydrogen) atoms. The van der Waals surface area contributed by atoms with Gasteiger partial charge in [-0.1, -0.05) is 37.9 Å². The van der Waals surface area contributed by atoms with Crippen LogP contribution in [0.3, 0.4) is 0 Å². The van der Waals surface area contributed by atoms with Gasteiger partial charge in [0.05, 0.1) is 10.4 Å². The molecule has 1 aliphatic heterocycles. The summed E-state index contributed by atoms with van der Waals surface area (Å²) in [5.41, 5.74) is 5.45. The summed E-state index contributed by atoms with van der Waals surface area (Å²) in [7, 11) is 4.07. The van der Waals surface area contributed by atoms with Gasteiger partial charge in [0.2, 0.25) is 5.91 Å². The highest BCUT2D eigenvalue weighted by atomic mass is 32.1. The Morgan fingerprint density at radius 1 is 1.24 bits per heavy atom. The monoisotopic (exact) mass is 311 g/mol. The first-order valence-corrected chi connectivity index (χ1v) is 8.64. The third kappa shape index (κ3) is 3.57. The zero-order valence-corrected chi connectivity index (χ0v) is 14.3. The van der Waals surface area contributed by atoms with Crippen LogP contribution in [0.2, 0.25) is 0 Å². The lowest BCUT2D eigenvalue weighted by Gasteiger charge is -2.41. The van der Waals surface area contributed by atoms with Gasteiger partial charge in [0.15, 0.2) is 0 Å². The minimum absolute atomic E-state index is 0.164. The number of thiocarbonyl (C=S) groups is 1. The number of piperidine rings is 1. The Balaban J connectivity index is 2.15. The SMILES string of the molecule is CN1CCCC(N(C)C(=O)C2(C(N)=S)CCCCCC2)C1. The smallest absolute Gasteiger partial charge is 0.235 e. The van der Waals surface area contributed by atoms with Gasteiger partial charge in [0, 0.05) is 19.6 Å². The van der Waals surface area contributed by atoms with Gasteiger partial charge in [0.1, 0.15) is 0 Å². The van der Waals surface area contributed by atoms with Gasteiger partial charge in [-0.25, -0.2) is 0 Å². The maximum atomic E-state index is 13.2. The third-order valence-corrected chi connectivity index (χ3v) is 5.70. The van der Waals surface area contributed by atoms with Crippen LogP contribution in [0.15, 0.2) is 0 Å². The summed E-state index contributed by atoms with van der Waals surface area (Å²) >= 11 is 5.33. The Morgan fingerprint density at radius 3 is 2.38 bits per heavy atom. The van der Waals surface area contributed by atoms with E-state index in [1.807, 2.05) is 11.9 Å². The molecule has 5 heteroatoms. The van der Waals surface area contributed by atoms with Crippen LogP contribution in [0.4, 0.5) is 0 Å². The van der Waals surface area contributed by atoms with Gasteiger partial charge in [-0.05, 0) is 39.3 Å². The van der Waals surface area contributed by atoms with Crippen molar-refractivity contribution >= 4 is 23.1 Å². The Hall–Kier alpha value is -0.680. The fraction of sp³-hybridized carbons (Fsp3) is 0.875. The van der Waals surface area contributed by atoms with Crippen molar-refractivity contribution in [3.05, 3.63) is 0 Å². The molecule has 1 heterocycles. The topological polar surface area (TPSA) is 49.6 Å². The summed E-state index contributed by atoms with van der Waals surface area (Å²) < 4.78 is 0. The van der Waals surface area contributed by atoms with E-state index in [1.165, 1.54) is 12.8 Å². The zero-order valence-electron chi connectivity index (χ0n) is 13.4. The second kappa shape index (κ2) is 7.05. The van der Waals surface area contributed by atoms with E-state index >= 15 is 0 Å². The number of nitrogens with two attached hydrogens (primary N) is 1. The summed E-state index contributed by atoms with van der Waals surface area (Å²) in [5.74, 6) is 0.164. The van der Waals surface area contributed by atoms with Gasteiger partial charge in [-0.3, -0.25) is 4.79 Å². The van der Waals surface area contributed by atoms with Crippen molar-refractivity contribution in [2.75, 3.05) is 27.2 Å². The third-order valence-electron chi connectivity index (χ3n) is 5.31. The molecule has 1 saturated heterocycles. The van der Waals surface area contributed by atoms with Crippen LogP contribution in [-0.2, 0) is 4.79 Å². The number of rotatable bonds is 3. The lowest BCUT2D eigenvalue weighted by atomic mass is 9.78. The number of likely N-dealkylation sites (N-methyl/N-ethyl adjacent to an activating group) is 2. The molecule has 1 atom stereocenters. The molecule has 2 N–H and O–H groups in total. The van der Waals surface area contributed by atoms with Crippen molar-refractivity contribution in [3.8, 4) is 0 Å². The Labute approximate surface area is 134 Å². The first kappa shape index (κ1) is 16.7. The number of amides is 1. The lowest BCUT2D eigenvalue weighted by molar-refractivity contribution is -0.140. The zero-order chi connectivity index (χ0) is 15.5. The van der Waals surface area contributed by atoms with Crippen molar-refractivity contribution < 1.29 is 4.79 Å². The molecule has 0 aromatic heterocycles. The average molecular weight is 311 g/mol. The highest BCUT2D eigenvalue weighted by Crippen LogP contribution is 2.38. The van der Waals surface area contributed by atoms with E-state index in [0.29, 0.717) is 11.0 Å². The molecule has 1 saturated carbocycles. The fourth-order valence-corrected chi connectivity index (χ4v) is 4.15. The predicted molar refractivity (Wildman–Crippen MR) is 90.2 cm³/mol. The summed E-state index contributed by atoms with van der Waals surface area (Å²) in [6.07, 6.45) is 8.38. The molecule has 0 radical (unpaired) electrons. The van der Waals surface area contributed by atoms with Gasteiger partial charge in [-0.15, -0.1) is 0 Å². The van der Waals surface area contributed by atoms with Crippen molar-refractivity contribution in [2.24, 2.45) is 11.1 Å². The average Bonchev–Trinajstić information content (AvgIpc) is 2.72. The summed E-state index contributed by atoms with van der Waals surface area (Å²) in [4.78, 5) is 17.8. The van der Waals surface area contributed by atoms with E-state index in [-0.39, 0.29) is 5.91 Å². The van der Waals surface area contributed by atoms with Gasteiger partial charge < -0.3 is 15.5 Å². The van der Waals surface area contributed by atoms with E-state index in [0.717, 1.165) is 51.6 Å². The first-order valence-electron chi connectivity index (χ1n) is 8.23. The molecule has 0 aromatic rings. The maximum absolute atomic E-state index is 13.2. The van der Waals surface area contributed by atoms with E-state index in [2.05, 4.69) is 11.9 Å². The van der Waals surface area contributed by atoms with Crippen molar-refractivity contribution in [1.82, 2.24) is 9.80 Å². The van der Waals surface area contributed by atoms with Crippen LogP contribution in [0, 0.1) is 5.41 Å². The molecule has 120 valence electrons. The molecule has 2 aliphatic rings. The number of carbonyl (C=O) groups excluding carboxylic acids is 1. The molecule has 2 rings (SSSR count). The Bertz CT molecular complexity index is 391. The first-order chi connectivity index (χ1) is 9.97. The molecular weight excluding hydrogens is 282 g/mol. The molecule has 2 fully saturated rings. The lowest BCUT2D eigenvalue weighted by Crippen LogP contribution is -2.55. The van der Waals surface area contributed by atoms with E-state index in [4.69, 9.17) is 18.0 Å². The normalized spacial score (nSPS) is 26.9. The van der Waals surface area contributed by atoms with Crippen LogP contribution in [0.1, 0.15) is 51.4 Å². The van der Waals surface area contributed by atoms with Crippen LogP contribution in [0.5, 0.6) is 0 Å². The van der Waals surface area contributed by atoms with Crippen molar-refractivity contribution in [3.63, 3.8) is 0 Å². The van der Waals surface area contributed by atoms with Crippen LogP contribution in [0.25, 0.3) is 0 Å². The second-order valence-corrected chi connectivity index (χ2v) is 7.27. The summed E-state index contributed by atoms with van der Waals surface area (Å²) in [5, 5.41) is 0. The highest BCUT2D eigenvalue weighted by molar-refractivity contribution is 7.80. The number of hydrogen-bond donors (Lipinski definition) is 1. The summed E-state index contributed by atoms with van der Waals surface area (Å²) in [6.45, 7) is 2.08. The molecule has 1 unspecified atom stereocenters. The van der Waals surface area contributed by atoms with Crippen LogP contribution in [-0.4, -0.2) is 53.9 Å². The molecule has 0 spiro atoms. The molecule has 1 amide bonds. The van der Waals surface area contributed by atoms with E-state index in [1.54, 1.807) is 0 Å². The van der Waals surface area contributed by atoms with Gasteiger partial charge >= 0.3 is 0 Å². The number of likely N-dealkylation sites (tertiary alicyclic amines) is 1. The molecule has 0 bridgehead atoms. The van der Waals surface area contributed by atoms with Gasteiger partial charge in [0.25, 0.3) is 0 Å². The van der Waals surface area contributed by atoms with Crippen molar-refractivity contribution in [1.29, 1.82) is 0 Å². The predicted octanol–water partition coefficient (Wildman–Crippen LogP) is 2.17. The minimum Gasteiger partial charge on any atom is -0.392 e. The number of carbonyl (C=O) groups is 1. The standard InChI is InChI=1S/C16H29N3OS/c1-18-11-7-8-13(12-18)19(2)15(20)16(14(17)21)9-5-3-4-6-10-16/h13H,3-12H2,1-2H3,(H2,17,21). The summed E-state index contributed by atoms with van der Waals surface area (Å²) in [6, 6.07) is 0.297. The van der Waals surface area contributed by atoms with Gasteiger partial charge in [-0.2, -0.15) is 0 Å². The highest BCUT2D eigenvalue weighted by Gasteiger charge is 2.44. The number of hydrogen-bond acceptors (Lipinski definition) is 3. The van der Waals surface area contributed by atoms with E-state index < -0.39 is 5.41 Å². The number of nitrogens with zero attached hydrogens (tertiary/aromatic N) is 2. The molecule has 1 aliphatic carbocycles. The van der Waals surface area contributed by atoms with Crippen molar-refractivity contribution in [2.45, 2.75) is 57.4 Å². The minimum atomic E-state index is -0.587. The maximum Gasteiger partial charge on any atom is 0.235 e.